The molecule has 0 radical (unpaired) electrons. The Morgan fingerprint density at radius 1 is 0.854 bits per heavy atom. The molecule has 0 bridgehead atoms. The predicted octanol–water partition coefficient (Wildman–Crippen LogP) is 7.03. The van der Waals surface area contributed by atoms with Gasteiger partial charge in [0.05, 0.1) is 17.8 Å². The van der Waals surface area contributed by atoms with Crippen molar-refractivity contribution in [3.05, 3.63) is 113 Å². The smallest absolute Gasteiger partial charge is 0.410 e. The third kappa shape index (κ3) is 6.11. The molecule has 3 amide bonds. The summed E-state index contributed by atoms with van der Waals surface area (Å²) >= 11 is 3.29. The number of hydrogen-bond acceptors (Lipinski definition) is 8. The molecular formula is C37H35N5O4S2. The van der Waals surface area contributed by atoms with Crippen LogP contribution in [0.2, 0.25) is 0 Å². The van der Waals surface area contributed by atoms with Gasteiger partial charge in [0.25, 0.3) is 5.91 Å². The maximum Gasteiger partial charge on any atom is 0.424 e. The van der Waals surface area contributed by atoms with Crippen LogP contribution < -0.4 is 25.6 Å². The topological polar surface area (TPSA) is 103 Å². The van der Waals surface area contributed by atoms with Gasteiger partial charge in [-0.3, -0.25) is 14.5 Å². The summed E-state index contributed by atoms with van der Waals surface area (Å²) in [4.78, 5) is 44.8. The number of nitrogens with one attached hydrogen (secondary N) is 3. The van der Waals surface area contributed by atoms with E-state index in [1.165, 1.54) is 0 Å². The van der Waals surface area contributed by atoms with E-state index < -0.39 is 12.1 Å². The first-order chi connectivity index (χ1) is 23.3. The van der Waals surface area contributed by atoms with Gasteiger partial charge in [-0.2, -0.15) is 0 Å². The van der Waals surface area contributed by atoms with Crippen LogP contribution in [0.1, 0.15) is 18.1 Å². The fourth-order valence-electron chi connectivity index (χ4n) is 6.15. The average molecular weight is 678 g/mol. The van der Waals surface area contributed by atoms with Crippen LogP contribution in [0.15, 0.2) is 112 Å². The van der Waals surface area contributed by atoms with E-state index in [1.54, 1.807) is 33.3 Å². The first-order valence-electron chi connectivity index (χ1n) is 15.7. The summed E-state index contributed by atoms with van der Waals surface area (Å²) in [6.45, 7) is 1.98. The highest BCUT2D eigenvalue weighted by Crippen LogP contribution is 2.50. The Morgan fingerprint density at radius 2 is 1.50 bits per heavy atom. The Kier molecular flexibility index (Phi) is 8.81. The Hall–Kier alpha value is -4.87. The van der Waals surface area contributed by atoms with E-state index in [0.29, 0.717) is 12.2 Å². The van der Waals surface area contributed by atoms with Crippen LogP contribution in [0, 0.1) is 0 Å². The standard InChI is InChI=1S/C37H35N5O4S2/c1-22-25(21-47-36-34(35(44)41(22)36)40-33(43)18-23-7-5-4-6-8-23)17-24-9-13-28(14-10-24)46-37(45)42-29-15-11-26(38-2)19-31(29)48-32-20-27(39-3)12-16-30(32)42/h4-16,19-20,34,36,38-39H,17-18,21H2,1-3H3,(H,40,43). The average Bonchev–Trinajstić information content (AvgIpc) is 3.10. The van der Waals surface area contributed by atoms with Gasteiger partial charge < -0.3 is 20.7 Å². The van der Waals surface area contributed by atoms with Crippen LogP contribution in [-0.2, 0) is 22.4 Å². The third-order valence-corrected chi connectivity index (χ3v) is 11.2. The summed E-state index contributed by atoms with van der Waals surface area (Å²) in [5.74, 6) is 0.985. The zero-order chi connectivity index (χ0) is 33.4. The fraction of sp³-hybridized carbons (Fsp3) is 0.216. The Balaban J connectivity index is 1.01. The van der Waals surface area contributed by atoms with Gasteiger partial charge in [-0.05, 0) is 78.6 Å². The second-order valence-electron chi connectivity index (χ2n) is 11.8. The van der Waals surface area contributed by atoms with E-state index in [4.69, 9.17) is 4.74 Å². The summed E-state index contributed by atoms with van der Waals surface area (Å²) in [7, 11) is 3.74. The third-order valence-electron chi connectivity index (χ3n) is 8.80. The molecule has 3 heterocycles. The van der Waals surface area contributed by atoms with Gasteiger partial charge >= 0.3 is 6.09 Å². The van der Waals surface area contributed by atoms with Crippen molar-refractivity contribution >= 4 is 64.2 Å². The molecule has 2 atom stereocenters. The SMILES string of the molecule is CNc1ccc2c(c1)Sc1cc(NC)ccc1N2C(=O)Oc1ccc(CC2=C(C)N3C(=O)C(NC(=O)Cc4ccccc4)C3SC2)cc1. The Morgan fingerprint density at radius 3 is 2.12 bits per heavy atom. The molecule has 0 aliphatic carbocycles. The molecule has 1 saturated heterocycles. The lowest BCUT2D eigenvalue weighted by molar-refractivity contribution is -0.145. The number of β-lactam (4-membered cyclic amide) rings is 1. The number of ether oxygens (including phenoxy) is 1. The van der Waals surface area contributed by atoms with Crippen molar-refractivity contribution in [2.75, 3.05) is 35.4 Å². The molecule has 244 valence electrons. The van der Waals surface area contributed by atoms with Gasteiger partial charge in [0, 0.05) is 46.7 Å². The summed E-state index contributed by atoms with van der Waals surface area (Å²) in [6.07, 6.45) is 0.426. The number of carbonyl (C=O) groups excluding carboxylic acids is 3. The van der Waals surface area contributed by atoms with Crippen molar-refractivity contribution in [1.29, 1.82) is 0 Å². The van der Waals surface area contributed by atoms with Gasteiger partial charge in [0.1, 0.15) is 17.2 Å². The van der Waals surface area contributed by atoms with Gasteiger partial charge in [0.2, 0.25) is 5.91 Å². The van der Waals surface area contributed by atoms with Crippen molar-refractivity contribution in [3.63, 3.8) is 0 Å². The second-order valence-corrected chi connectivity index (χ2v) is 14.0. The normalized spacial score (nSPS) is 17.9. The van der Waals surface area contributed by atoms with E-state index in [1.807, 2.05) is 112 Å². The molecule has 3 aliphatic heterocycles. The number of rotatable bonds is 8. The van der Waals surface area contributed by atoms with Crippen molar-refractivity contribution in [1.82, 2.24) is 10.2 Å². The molecule has 4 aromatic rings. The number of fused-ring (bicyclic) bond motifs is 3. The van der Waals surface area contributed by atoms with Gasteiger partial charge in [-0.15, -0.1) is 11.8 Å². The lowest BCUT2D eigenvalue weighted by Crippen LogP contribution is -2.69. The van der Waals surface area contributed by atoms with Crippen LogP contribution in [-0.4, -0.2) is 54.1 Å². The predicted molar refractivity (Wildman–Crippen MR) is 192 cm³/mol. The highest BCUT2D eigenvalue weighted by Gasteiger charge is 2.51. The first kappa shape index (κ1) is 31.7. The molecule has 2 unspecified atom stereocenters. The lowest BCUT2D eigenvalue weighted by atomic mass is 9.99. The van der Waals surface area contributed by atoms with Crippen LogP contribution in [0.5, 0.6) is 5.75 Å². The molecule has 3 N–H and O–H groups in total. The second kappa shape index (κ2) is 13.3. The summed E-state index contributed by atoms with van der Waals surface area (Å²) < 4.78 is 5.93. The van der Waals surface area contributed by atoms with Crippen LogP contribution in [0.25, 0.3) is 0 Å². The number of amides is 3. The van der Waals surface area contributed by atoms with Crippen molar-refractivity contribution in [2.45, 2.75) is 41.0 Å². The zero-order valence-electron chi connectivity index (χ0n) is 26.8. The minimum Gasteiger partial charge on any atom is -0.410 e. The minimum absolute atomic E-state index is 0.0745. The highest BCUT2D eigenvalue weighted by molar-refractivity contribution is 8.00. The number of allylic oxidation sites excluding steroid dienone is 1. The summed E-state index contributed by atoms with van der Waals surface area (Å²) in [6, 6.07) is 28.4. The van der Waals surface area contributed by atoms with Crippen molar-refractivity contribution in [2.24, 2.45) is 0 Å². The number of thioether (sulfide) groups is 1. The van der Waals surface area contributed by atoms with E-state index >= 15 is 0 Å². The molecule has 3 aliphatic rings. The molecule has 9 nitrogen and oxygen atoms in total. The maximum atomic E-state index is 13.7. The quantitative estimate of drug-likeness (QED) is 0.171. The molecule has 0 saturated carbocycles. The molecule has 7 rings (SSSR count). The Bertz CT molecular complexity index is 1880. The maximum absolute atomic E-state index is 13.7. The summed E-state index contributed by atoms with van der Waals surface area (Å²) in [5, 5.41) is 9.19. The number of nitrogens with zero attached hydrogens (tertiary/aromatic N) is 2. The van der Waals surface area contributed by atoms with Crippen LogP contribution in [0.4, 0.5) is 27.5 Å². The fourth-order valence-corrected chi connectivity index (χ4v) is 8.76. The van der Waals surface area contributed by atoms with Crippen LogP contribution in [0.3, 0.4) is 0 Å². The van der Waals surface area contributed by atoms with E-state index in [9.17, 15) is 14.4 Å². The minimum atomic E-state index is -0.509. The molecule has 11 heteroatoms. The highest BCUT2D eigenvalue weighted by atomic mass is 32.2. The van der Waals surface area contributed by atoms with Gasteiger partial charge in [0.15, 0.2) is 0 Å². The molecule has 0 spiro atoms. The molecule has 0 aromatic heterocycles. The Labute approximate surface area is 288 Å². The van der Waals surface area contributed by atoms with E-state index in [0.717, 1.165) is 60.7 Å². The first-order valence-corrected chi connectivity index (χ1v) is 17.6. The van der Waals surface area contributed by atoms with Crippen molar-refractivity contribution in [3.8, 4) is 5.75 Å². The number of anilines is 4. The number of carbonyl (C=O) groups is 3. The molecule has 48 heavy (non-hydrogen) atoms. The number of hydrogen-bond donors (Lipinski definition) is 3. The molecular weight excluding hydrogens is 643 g/mol. The summed E-state index contributed by atoms with van der Waals surface area (Å²) in [5.41, 5.74) is 7.51. The monoisotopic (exact) mass is 677 g/mol. The van der Waals surface area contributed by atoms with E-state index in [2.05, 4.69) is 16.0 Å². The molecule has 1 fully saturated rings. The van der Waals surface area contributed by atoms with E-state index in [-0.39, 0.29) is 23.6 Å². The largest absolute Gasteiger partial charge is 0.424 e. The zero-order valence-corrected chi connectivity index (χ0v) is 28.4. The van der Waals surface area contributed by atoms with Gasteiger partial charge in [-0.1, -0.05) is 54.2 Å². The molecule has 4 aromatic carbocycles. The van der Waals surface area contributed by atoms with Crippen LogP contribution >= 0.6 is 23.5 Å². The van der Waals surface area contributed by atoms with Gasteiger partial charge in [-0.25, -0.2) is 9.69 Å². The number of benzene rings is 4. The lowest BCUT2D eigenvalue weighted by Gasteiger charge is -2.50. The van der Waals surface area contributed by atoms with Crippen molar-refractivity contribution < 1.29 is 19.1 Å².